The number of amides is 1. The Morgan fingerprint density at radius 2 is 1.92 bits per heavy atom. The number of thioether (sulfide) groups is 1. The maximum atomic E-state index is 13.0. The molecule has 3 rings (SSSR count). The van der Waals surface area contributed by atoms with Crippen molar-refractivity contribution in [3.8, 4) is 0 Å². The van der Waals surface area contributed by atoms with Crippen LogP contribution in [0.3, 0.4) is 0 Å². The number of benzene rings is 2. The third-order valence-corrected chi connectivity index (χ3v) is 4.80. The first kappa shape index (κ1) is 17.1. The van der Waals surface area contributed by atoms with E-state index in [1.54, 1.807) is 19.2 Å². The summed E-state index contributed by atoms with van der Waals surface area (Å²) in [7, 11) is 1.72. The SMILES string of the molecule is Cn1nnnc1S[C@@H](C(=O)NCc1ccc(F)cc1)c1ccccc1. The molecule has 25 heavy (non-hydrogen) atoms. The predicted octanol–water partition coefficient (Wildman–Crippen LogP) is 2.50. The zero-order valence-electron chi connectivity index (χ0n) is 13.5. The number of carbonyl (C=O) groups is 1. The molecule has 1 heterocycles. The molecule has 1 atom stereocenters. The number of hydrogen-bond donors (Lipinski definition) is 1. The molecule has 0 saturated carbocycles. The van der Waals surface area contributed by atoms with Crippen LogP contribution in [0.15, 0.2) is 59.8 Å². The second-order valence-electron chi connectivity index (χ2n) is 5.34. The number of halogens is 1. The summed E-state index contributed by atoms with van der Waals surface area (Å²) in [5, 5.41) is 14.3. The van der Waals surface area contributed by atoms with Gasteiger partial charge < -0.3 is 5.32 Å². The van der Waals surface area contributed by atoms with E-state index in [2.05, 4.69) is 20.8 Å². The molecule has 0 aliphatic carbocycles. The number of tetrazole rings is 1. The zero-order chi connectivity index (χ0) is 17.6. The lowest BCUT2D eigenvalue weighted by Gasteiger charge is -2.16. The van der Waals surface area contributed by atoms with E-state index in [1.807, 2.05) is 30.3 Å². The van der Waals surface area contributed by atoms with E-state index in [1.165, 1.54) is 28.6 Å². The molecule has 8 heteroatoms. The van der Waals surface area contributed by atoms with Crippen LogP contribution < -0.4 is 5.32 Å². The van der Waals surface area contributed by atoms with Gasteiger partial charge in [0.25, 0.3) is 0 Å². The van der Waals surface area contributed by atoms with Gasteiger partial charge in [-0.1, -0.05) is 54.2 Å². The molecule has 1 aromatic heterocycles. The van der Waals surface area contributed by atoms with Crippen molar-refractivity contribution in [3.63, 3.8) is 0 Å². The minimum atomic E-state index is -0.494. The minimum absolute atomic E-state index is 0.163. The molecule has 0 unspecified atom stereocenters. The summed E-state index contributed by atoms with van der Waals surface area (Å²) < 4.78 is 14.5. The van der Waals surface area contributed by atoms with Gasteiger partial charge in [-0.15, -0.1) is 5.10 Å². The standard InChI is InChI=1S/C17H16FN5OS/c1-23-17(20-21-22-23)25-15(13-5-3-2-4-6-13)16(24)19-11-12-7-9-14(18)10-8-12/h2-10,15H,11H2,1H3,(H,19,24)/t15-/m1/s1. The number of nitrogens with zero attached hydrogens (tertiary/aromatic N) is 4. The molecule has 3 aromatic rings. The van der Waals surface area contributed by atoms with Crippen LogP contribution in [0.25, 0.3) is 0 Å². The highest BCUT2D eigenvalue weighted by Gasteiger charge is 2.24. The van der Waals surface area contributed by atoms with Crippen LogP contribution in [-0.2, 0) is 18.4 Å². The highest BCUT2D eigenvalue weighted by Crippen LogP contribution is 2.33. The van der Waals surface area contributed by atoms with Crippen LogP contribution in [0, 0.1) is 5.82 Å². The van der Waals surface area contributed by atoms with Crippen LogP contribution in [0.5, 0.6) is 0 Å². The summed E-state index contributed by atoms with van der Waals surface area (Å²) in [6.45, 7) is 0.320. The van der Waals surface area contributed by atoms with Gasteiger partial charge >= 0.3 is 0 Å². The van der Waals surface area contributed by atoms with Crippen LogP contribution in [0.1, 0.15) is 16.4 Å². The van der Waals surface area contributed by atoms with Crippen molar-refractivity contribution in [3.05, 3.63) is 71.5 Å². The zero-order valence-corrected chi connectivity index (χ0v) is 14.3. The molecule has 0 radical (unpaired) electrons. The quantitative estimate of drug-likeness (QED) is 0.686. The molecule has 0 aliphatic rings. The van der Waals surface area contributed by atoms with Crippen LogP contribution >= 0.6 is 11.8 Å². The molecular formula is C17H16FN5OS. The highest BCUT2D eigenvalue weighted by atomic mass is 32.2. The van der Waals surface area contributed by atoms with Crippen molar-refractivity contribution in [2.75, 3.05) is 0 Å². The lowest BCUT2D eigenvalue weighted by Crippen LogP contribution is -2.27. The molecule has 1 amide bonds. The monoisotopic (exact) mass is 357 g/mol. The van der Waals surface area contributed by atoms with Gasteiger partial charge in [-0.05, 0) is 33.7 Å². The number of aryl methyl sites for hydroxylation is 1. The molecular weight excluding hydrogens is 341 g/mol. The number of carbonyl (C=O) groups excluding carboxylic acids is 1. The summed E-state index contributed by atoms with van der Waals surface area (Å²) in [5.41, 5.74) is 1.68. The smallest absolute Gasteiger partial charge is 0.238 e. The Bertz CT molecular complexity index is 838. The third kappa shape index (κ3) is 4.42. The number of hydrogen-bond acceptors (Lipinski definition) is 5. The van der Waals surface area contributed by atoms with Gasteiger partial charge in [0.15, 0.2) is 0 Å². The average molecular weight is 357 g/mol. The van der Waals surface area contributed by atoms with E-state index in [0.29, 0.717) is 11.7 Å². The molecule has 0 saturated heterocycles. The third-order valence-electron chi connectivity index (χ3n) is 3.52. The molecule has 2 aromatic carbocycles. The van der Waals surface area contributed by atoms with Crippen molar-refractivity contribution < 1.29 is 9.18 Å². The maximum absolute atomic E-state index is 13.0. The van der Waals surface area contributed by atoms with E-state index in [-0.39, 0.29) is 11.7 Å². The van der Waals surface area contributed by atoms with E-state index in [0.717, 1.165) is 11.1 Å². The predicted molar refractivity (Wildman–Crippen MR) is 92.1 cm³/mol. The fraction of sp³-hybridized carbons (Fsp3) is 0.176. The van der Waals surface area contributed by atoms with E-state index >= 15 is 0 Å². The lowest BCUT2D eigenvalue weighted by atomic mass is 10.1. The van der Waals surface area contributed by atoms with Gasteiger partial charge in [-0.25, -0.2) is 9.07 Å². The lowest BCUT2D eigenvalue weighted by molar-refractivity contribution is -0.120. The second-order valence-corrected chi connectivity index (χ2v) is 6.41. The van der Waals surface area contributed by atoms with E-state index < -0.39 is 5.25 Å². The normalized spacial score (nSPS) is 11.9. The Morgan fingerprint density at radius 3 is 2.56 bits per heavy atom. The highest BCUT2D eigenvalue weighted by molar-refractivity contribution is 8.00. The molecule has 128 valence electrons. The minimum Gasteiger partial charge on any atom is -0.351 e. The summed E-state index contributed by atoms with van der Waals surface area (Å²) in [6.07, 6.45) is 0. The van der Waals surface area contributed by atoms with Gasteiger partial charge in [-0.2, -0.15) is 0 Å². The molecule has 0 fully saturated rings. The van der Waals surface area contributed by atoms with Gasteiger partial charge in [0.2, 0.25) is 11.1 Å². The first-order chi connectivity index (χ1) is 12.1. The van der Waals surface area contributed by atoms with E-state index in [9.17, 15) is 9.18 Å². The van der Waals surface area contributed by atoms with Crippen molar-refractivity contribution in [1.82, 2.24) is 25.5 Å². The van der Waals surface area contributed by atoms with Crippen LogP contribution in [-0.4, -0.2) is 26.1 Å². The second kappa shape index (κ2) is 7.89. The van der Waals surface area contributed by atoms with Gasteiger partial charge in [0.05, 0.1) is 0 Å². The topological polar surface area (TPSA) is 72.7 Å². The van der Waals surface area contributed by atoms with E-state index in [4.69, 9.17) is 0 Å². The van der Waals surface area contributed by atoms with Crippen molar-refractivity contribution in [1.29, 1.82) is 0 Å². The molecule has 0 spiro atoms. The Labute approximate surface area is 148 Å². The maximum Gasteiger partial charge on any atom is 0.238 e. The summed E-state index contributed by atoms with van der Waals surface area (Å²) >= 11 is 1.28. The summed E-state index contributed by atoms with van der Waals surface area (Å²) in [6, 6.07) is 15.5. The van der Waals surface area contributed by atoms with Crippen molar-refractivity contribution in [2.24, 2.45) is 7.05 Å². The van der Waals surface area contributed by atoms with Gasteiger partial charge in [0, 0.05) is 13.6 Å². The molecule has 6 nitrogen and oxygen atoms in total. The van der Waals surface area contributed by atoms with Crippen LogP contribution in [0.2, 0.25) is 0 Å². The number of rotatable bonds is 6. The Kier molecular flexibility index (Phi) is 5.39. The first-order valence-corrected chi connectivity index (χ1v) is 8.47. The molecule has 0 aliphatic heterocycles. The molecule has 1 N–H and O–H groups in total. The van der Waals surface area contributed by atoms with Crippen LogP contribution in [0.4, 0.5) is 4.39 Å². The number of aromatic nitrogens is 4. The fourth-order valence-corrected chi connectivity index (χ4v) is 3.18. The van der Waals surface area contributed by atoms with Crippen molar-refractivity contribution in [2.45, 2.75) is 17.0 Å². The summed E-state index contributed by atoms with van der Waals surface area (Å²) in [5.74, 6) is -0.467. The van der Waals surface area contributed by atoms with Crippen molar-refractivity contribution >= 4 is 17.7 Å². The number of nitrogens with one attached hydrogen (secondary N) is 1. The Morgan fingerprint density at radius 1 is 1.20 bits per heavy atom. The molecule has 0 bridgehead atoms. The average Bonchev–Trinajstić information content (AvgIpc) is 3.04. The van der Waals surface area contributed by atoms with Gasteiger partial charge in [-0.3, -0.25) is 4.79 Å². The summed E-state index contributed by atoms with van der Waals surface area (Å²) in [4.78, 5) is 12.7. The Hall–Kier alpha value is -2.74. The first-order valence-electron chi connectivity index (χ1n) is 7.59. The Balaban J connectivity index is 1.75. The largest absolute Gasteiger partial charge is 0.351 e. The van der Waals surface area contributed by atoms with Gasteiger partial charge in [0.1, 0.15) is 11.1 Å². The fourth-order valence-electron chi connectivity index (χ4n) is 2.21.